The molecule has 0 saturated carbocycles. The second-order valence-electron chi connectivity index (χ2n) is 9.49. The highest BCUT2D eigenvalue weighted by atomic mass is 32.1. The SMILES string of the molecule is C[C@H](C(N)=O)N(c1ccc(F)cc1)c1nc(N)c(C(=O)c2ccc(N3CCC(C4COC4)CC3)nc2)s1. The van der Waals surface area contributed by atoms with E-state index >= 15 is 0 Å². The summed E-state index contributed by atoms with van der Waals surface area (Å²) in [5, 5.41) is 0.308. The van der Waals surface area contributed by atoms with Crippen molar-refractivity contribution in [1.82, 2.24) is 9.97 Å². The molecule has 2 aromatic heterocycles. The molecule has 9 nitrogen and oxygen atoms in total. The monoisotopic (exact) mass is 524 g/mol. The Morgan fingerprint density at radius 2 is 1.84 bits per heavy atom. The Hall–Kier alpha value is -3.57. The first-order chi connectivity index (χ1) is 17.8. The summed E-state index contributed by atoms with van der Waals surface area (Å²) >= 11 is 1.05. The molecule has 2 aliphatic rings. The average Bonchev–Trinajstić information content (AvgIpc) is 3.25. The van der Waals surface area contributed by atoms with Crippen LogP contribution in [0.25, 0.3) is 0 Å². The molecule has 0 aliphatic carbocycles. The maximum atomic E-state index is 13.5. The number of nitrogens with zero attached hydrogens (tertiary/aromatic N) is 4. The van der Waals surface area contributed by atoms with Gasteiger partial charge in [0, 0.05) is 36.5 Å². The van der Waals surface area contributed by atoms with Crippen LogP contribution in [0, 0.1) is 17.7 Å². The number of primary amides is 1. The first-order valence-electron chi connectivity index (χ1n) is 12.3. The van der Waals surface area contributed by atoms with Crippen LogP contribution in [0.4, 0.5) is 26.8 Å². The zero-order valence-electron chi connectivity index (χ0n) is 20.5. The van der Waals surface area contributed by atoms with Gasteiger partial charge in [-0.05, 0) is 62.1 Å². The van der Waals surface area contributed by atoms with Gasteiger partial charge in [0.1, 0.15) is 28.4 Å². The molecule has 4 heterocycles. The Balaban J connectivity index is 1.33. The smallest absolute Gasteiger partial charge is 0.240 e. The summed E-state index contributed by atoms with van der Waals surface area (Å²) in [5.74, 6) is 0.954. The number of nitrogen functional groups attached to an aromatic ring is 1. The third kappa shape index (κ3) is 5.14. The molecule has 5 rings (SSSR count). The second-order valence-corrected chi connectivity index (χ2v) is 10.5. The molecule has 11 heteroatoms. The van der Waals surface area contributed by atoms with Crippen LogP contribution in [0.2, 0.25) is 0 Å². The summed E-state index contributed by atoms with van der Waals surface area (Å²) in [5.41, 5.74) is 12.6. The van der Waals surface area contributed by atoms with Crippen molar-refractivity contribution >= 4 is 45.5 Å². The first-order valence-corrected chi connectivity index (χ1v) is 13.1. The Morgan fingerprint density at radius 1 is 1.14 bits per heavy atom. The molecular weight excluding hydrogens is 495 g/mol. The van der Waals surface area contributed by atoms with Gasteiger partial charge < -0.3 is 26.0 Å². The number of ether oxygens (including phenoxy) is 1. The number of carbonyl (C=O) groups is 2. The van der Waals surface area contributed by atoms with Gasteiger partial charge in [0.15, 0.2) is 5.13 Å². The Morgan fingerprint density at radius 3 is 2.41 bits per heavy atom. The Kier molecular flexibility index (Phi) is 7.07. The fourth-order valence-corrected chi connectivity index (χ4v) is 5.83. The lowest BCUT2D eigenvalue weighted by Crippen LogP contribution is -2.42. The molecule has 1 aromatic carbocycles. The van der Waals surface area contributed by atoms with Crippen molar-refractivity contribution in [1.29, 1.82) is 0 Å². The predicted molar refractivity (Wildman–Crippen MR) is 141 cm³/mol. The number of halogens is 1. The molecule has 0 bridgehead atoms. The number of piperidine rings is 1. The second kappa shape index (κ2) is 10.4. The van der Waals surface area contributed by atoms with E-state index < -0.39 is 17.8 Å². The maximum absolute atomic E-state index is 13.5. The van der Waals surface area contributed by atoms with Crippen molar-refractivity contribution in [2.75, 3.05) is 41.8 Å². The number of hydrogen-bond donors (Lipinski definition) is 2. The number of nitrogens with two attached hydrogens (primary N) is 2. The van der Waals surface area contributed by atoms with Gasteiger partial charge in [0.2, 0.25) is 11.7 Å². The third-order valence-electron chi connectivity index (χ3n) is 7.16. The van der Waals surface area contributed by atoms with Crippen molar-refractivity contribution in [3.05, 3.63) is 58.9 Å². The highest BCUT2D eigenvalue weighted by Crippen LogP contribution is 2.36. The summed E-state index contributed by atoms with van der Waals surface area (Å²) in [6.45, 7) is 5.24. The van der Waals surface area contributed by atoms with E-state index in [0.717, 1.165) is 56.3 Å². The number of aromatic nitrogens is 2. The van der Waals surface area contributed by atoms with Crippen molar-refractivity contribution in [3.63, 3.8) is 0 Å². The molecule has 37 heavy (non-hydrogen) atoms. The number of rotatable bonds is 8. The minimum atomic E-state index is -0.805. The largest absolute Gasteiger partial charge is 0.382 e. The standard InChI is InChI=1S/C26H29FN6O3S/c1-15(25(29)35)33(20-5-3-19(27)4-6-20)26-31-24(28)23(37-26)22(34)17-2-7-21(30-12-17)32-10-8-16(9-11-32)18-13-36-14-18/h2-7,12,15-16,18H,8-11,13-14,28H2,1H3,(H2,29,35)/t15-/m1/s1. The molecule has 194 valence electrons. The van der Waals surface area contributed by atoms with Crippen LogP contribution in [-0.2, 0) is 9.53 Å². The van der Waals surface area contributed by atoms with E-state index in [1.807, 2.05) is 6.07 Å². The number of anilines is 4. The van der Waals surface area contributed by atoms with Gasteiger partial charge in [-0.2, -0.15) is 0 Å². The molecule has 2 saturated heterocycles. The molecule has 4 N–H and O–H groups in total. The molecule has 0 spiro atoms. The van der Waals surface area contributed by atoms with Crippen molar-refractivity contribution in [3.8, 4) is 0 Å². The van der Waals surface area contributed by atoms with Crippen LogP contribution in [0.3, 0.4) is 0 Å². The van der Waals surface area contributed by atoms with Crippen LogP contribution in [0.5, 0.6) is 0 Å². The number of benzene rings is 1. The van der Waals surface area contributed by atoms with E-state index in [9.17, 15) is 14.0 Å². The van der Waals surface area contributed by atoms with Crippen LogP contribution in [-0.4, -0.2) is 54.0 Å². The highest BCUT2D eigenvalue weighted by molar-refractivity contribution is 7.18. The van der Waals surface area contributed by atoms with E-state index in [1.165, 1.54) is 24.3 Å². The summed E-state index contributed by atoms with van der Waals surface area (Å²) in [4.78, 5) is 38.2. The van der Waals surface area contributed by atoms with E-state index in [0.29, 0.717) is 28.2 Å². The van der Waals surface area contributed by atoms with Gasteiger partial charge in [0.05, 0.1) is 13.2 Å². The summed E-state index contributed by atoms with van der Waals surface area (Å²) in [6.07, 6.45) is 3.79. The van der Waals surface area contributed by atoms with E-state index in [2.05, 4.69) is 14.9 Å². The van der Waals surface area contributed by atoms with Crippen molar-refractivity contribution in [2.24, 2.45) is 17.6 Å². The van der Waals surface area contributed by atoms with E-state index in [-0.39, 0.29) is 16.5 Å². The molecule has 1 amide bonds. The zero-order chi connectivity index (χ0) is 26.1. The highest BCUT2D eigenvalue weighted by Gasteiger charge is 2.32. The molecule has 2 fully saturated rings. The number of ketones is 1. The van der Waals surface area contributed by atoms with Gasteiger partial charge >= 0.3 is 0 Å². The summed E-state index contributed by atoms with van der Waals surface area (Å²) in [6, 6.07) is 8.38. The average molecular weight is 525 g/mol. The van der Waals surface area contributed by atoms with Gasteiger partial charge in [0.25, 0.3) is 0 Å². The van der Waals surface area contributed by atoms with Crippen LogP contribution >= 0.6 is 11.3 Å². The van der Waals surface area contributed by atoms with E-state index in [4.69, 9.17) is 16.2 Å². The van der Waals surface area contributed by atoms with Gasteiger partial charge in [-0.1, -0.05) is 11.3 Å². The number of pyridine rings is 1. The Bertz CT molecular complexity index is 1270. The summed E-state index contributed by atoms with van der Waals surface area (Å²) < 4.78 is 18.8. The maximum Gasteiger partial charge on any atom is 0.240 e. The topological polar surface area (TPSA) is 128 Å². The van der Waals surface area contributed by atoms with Crippen LogP contribution < -0.4 is 21.3 Å². The van der Waals surface area contributed by atoms with Crippen molar-refractivity contribution in [2.45, 2.75) is 25.8 Å². The molecule has 1 atom stereocenters. The molecule has 2 aliphatic heterocycles. The van der Waals surface area contributed by atoms with Crippen LogP contribution in [0.1, 0.15) is 35.0 Å². The predicted octanol–water partition coefficient (Wildman–Crippen LogP) is 3.37. The first kappa shape index (κ1) is 25.1. The number of amides is 1. The minimum absolute atomic E-state index is 0.0416. The quantitative estimate of drug-likeness (QED) is 0.430. The zero-order valence-corrected chi connectivity index (χ0v) is 21.3. The molecule has 0 radical (unpaired) electrons. The van der Waals surface area contributed by atoms with Gasteiger partial charge in [-0.15, -0.1) is 0 Å². The fraction of sp³-hybridized carbons (Fsp3) is 0.385. The lowest BCUT2D eigenvalue weighted by Gasteiger charge is -2.40. The number of carbonyl (C=O) groups excluding carboxylic acids is 2. The van der Waals surface area contributed by atoms with Crippen LogP contribution in [0.15, 0.2) is 42.6 Å². The summed E-state index contributed by atoms with van der Waals surface area (Å²) in [7, 11) is 0. The molecular formula is C26H29FN6O3S. The Labute approximate surface area is 218 Å². The third-order valence-corrected chi connectivity index (χ3v) is 8.23. The fourth-order valence-electron chi connectivity index (χ4n) is 4.78. The normalized spacial score (nSPS) is 17.3. The van der Waals surface area contributed by atoms with E-state index in [1.54, 1.807) is 24.1 Å². The van der Waals surface area contributed by atoms with Gasteiger partial charge in [-0.3, -0.25) is 9.59 Å². The minimum Gasteiger partial charge on any atom is -0.382 e. The van der Waals surface area contributed by atoms with Gasteiger partial charge in [-0.25, -0.2) is 14.4 Å². The lowest BCUT2D eigenvalue weighted by atomic mass is 9.83. The molecule has 3 aromatic rings. The number of thiazole rings is 1. The number of hydrogen-bond acceptors (Lipinski definition) is 9. The lowest BCUT2D eigenvalue weighted by molar-refractivity contribution is -0.118. The molecule has 0 unspecified atom stereocenters. The van der Waals surface area contributed by atoms with Crippen molar-refractivity contribution < 1.29 is 18.7 Å².